The molecule has 2 atom stereocenters. The maximum Gasteiger partial charge on any atom is 0.422 e. The number of benzene rings is 1. The summed E-state index contributed by atoms with van der Waals surface area (Å²) >= 11 is 12.0. The summed E-state index contributed by atoms with van der Waals surface area (Å²) in [5.74, 6) is -0.923. The Morgan fingerprint density at radius 1 is 1.06 bits per heavy atom. The molecule has 2 heterocycles. The highest BCUT2D eigenvalue weighted by molar-refractivity contribution is 6.31. The Labute approximate surface area is 185 Å². The van der Waals surface area contributed by atoms with Crippen molar-refractivity contribution in [2.75, 3.05) is 0 Å². The maximum absolute atomic E-state index is 14.0. The molecule has 2 aromatic heterocycles. The quantitative estimate of drug-likeness (QED) is 0.465. The molecule has 160 valence electrons. The van der Waals surface area contributed by atoms with Crippen molar-refractivity contribution in [3.05, 3.63) is 81.9 Å². The second-order valence-electron chi connectivity index (χ2n) is 6.63. The Morgan fingerprint density at radius 3 is 2.32 bits per heavy atom. The molecule has 0 amide bonds. The number of hydrogen-bond acceptors (Lipinski definition) is 5. The predicted molar refractivity (Wildman–Crippen MR) is 108 cm³/mol. The van der Waals surface area contributed by atoms with Crippen LogP contribution < -0.4 is 4.74 Å². The van der Waals surface area contributed by atoms with Crippen LogP contribution in [0.1, 0.15) is 29.7 Å². The van der Waals surface area contributed by atoms with Gasteiger partial charge in [-0.25, -0.2) is 9.97 Å². The summed E-state index contributed by atoms with van der Waals surface area (Å²) in [5.41, 5.74) is -3.45. The van der Waals surface area contributed by atoms with Crippen molar-refractivity contribution in [3.8, 4) is 17.6 Å². The number of rotatable bonds is 5. The van der Waals surface area contributed by atoms with Gasteiger partial charge in [-0.15, -0.1) is 0 Å². The zero-order valence-electron chi connectivity index (χ0n) is 15.9. The van der Waals surface area contributed by atoms with E-state index in [-0.39, 0.29) is 27.2 Å². The molecular weight excluding hydrogens is 454 g/mol. The van der Waals surface area contributed by atoms with Gasteiger partial charge in [0.15, 0.2) is 5.60 Å². The number of aliphatic hydroxyl groups is 1. The lowest BCUT2D eigenvalue weighted by molar-refractivity contribution is -0.274. The molecule has 1 N–H and O–H groups in total. The van der Waals surface area contributed by atoms with E-state index in [2.05, 4.69) is 9.97 Å². The van der Waals surface area contributed by atoms with Gasteiger partial charge in [-0.1, -0.05) is 36.2 Å². The number of aromatic nitrogens is 2. The highest BCUT2D eigenvalue weighted by Gasteiger charge is 2.59. The largest absolute Gasteiger partial charge is 0.456 e. The summed E-state index contributed by atoms with van der Waals surface area (Å²) < 4.78 is 47.6. The molecule has 0 saturated heterocycles. The Morgan fingerprint density at radius 2 is 1.77 bits per heavy atom. The average molecular weight is 468 g/mol. The van der Waals surface area contributed by atoms with E-state index in [9.17, 15) is 18.3 Å². The molecule has 10 heteroatoms. The van der Waals surface area contributed by atoms with E-state index in [1.54, 1.807) is 0 Å². The third-order valence-corrected chi connectivity index (χ3v) is 5.28. The summed E-state index contributed by atoms with van der Waals surface area (Å²) in [6.45, 7) is 1.22. The maximum atomic E-state index is 14.0. The molecule has 5 nitrogen and oxygen atoms in total. The Bertz CT molecular complexity index is 1130. The molecule has 3 rings (SSSR count). The van der Waals surface area contributed by atoms with E-state index < -0.39 is 23.3 Å². The third-order valence-electron chi connectivity index (χ3n) is 4.75. The number of pyridine rings is 2. The van der Waals surface area contributed by atoms with E-state index in [1.807, 2.05) is 6.07 Å². The summed E-state index contributed by atoms with van der Waals surface area (Å²) in [5, 5.41) is 19.4. The fraction of sp³-hybridized carbons (Fsp3) is 0.190. The van der Waals surface area contributed by atoms with Crippen molar-refractivity contribution in [2.45, 2.75) is 24.6 Å². The normalized spacial score (nSPS) is 14.4. The number of hydrogen-bond donors (Lipinski definition) is 1. The summed E-state index contributed by atoms with van der Waals surface area (Å²) in [6.07, 6.45) is -2.60. The highest BCUT2D eigenvalue weighted by atomic mass is 35.5. The topological polar surface area (TPSA) is 79.0 Å². The fourth-order valence-corrected chi connectivity index (χ4v) is 3.60. The van der Waals surface area contributed by atoms with E-state index in [0.29, 0.717) is 5.75 Å². The Hall–Kier alpha value is -2.86. The first kappa shape index (κ1) is 22.8. The minimum Gasteiger partial charge on any atom is -0.456 e. The van der Waals surface area contributed by atoms with Gasteiger partial charge in [-0.2, -0.15) is 18.4 Å². The van der Waals surface area contributed by atoms with E-state index in [4.69, 9.17) is 33.2 Å². The second-order valence-corrected chi connectivity index (χ2v) is 7.42. The monoisotopic (exact) mass is 467 g/mol. The number of alkyl halides is 3. The number of ether oxygens (including phenoxy) is 1. The predicted octanol–water partition coefficient (Wildman–Crippen LogP) is 6.00. The minimum atomic E-state index is -5.02. The van der Waals surface area contributed by atoms with Crippen LogP contribution in [-0.4, -0.2) is 21.3 Å². The van der Waals surface area contributed by atoms with Crippen molar-refractivity contribution < 1.29 is 23.0 Å². The van der Waals surface area contributed by atoms with Crippen molar-refractivity contribution in [1.29, 1.82) is 5.26 Å². The van der Waals surface area contributed by atoms with Gasteiger partial charge in [0.25, 0.3) is 0 Å². The van der Waals surface area contributed by atoms with Crippen LogP contribution in [0.25, 0.3) is 0 Å². The zero-order valence-corrected chi connectivity index (χ0v) is 17.4. The van der Waals surface area contributed by atoms with Crippen molar-refractivity contribution in [1.82, 2.24) is 9.97 Å². The van der Waals surface area contributed by atoms with E-state index in [1.165, 1.54) is 43.5 Å². The van der Waals surface area contributed by atoms with Gasteiger partial charge in [0.2, 0.25) is 0 Å². The highest BCUT2D eigenvalue weighted by Crippen LogP contribution is 2.50. The van der Waals surface area contributed by atoms with Crippen LogP contribution in [0.15, 0.2) is 54.9 Å². The number of halogens is 5. The van der Waals surface area contributed by atoms with E-state index >= 15 is 0 Å². The SMILES string of the molecule is CC(c1ccc(Oc2ccc(C#N)nc2)cc1Cl)C(O)(c1ccnc(Cl)c1)C(F)(F)F. The van der Waals surface area contributed by atoms with Crippen LogP contribution in [0, 0.1) is 11.3 Å². The summed E-state index contributed by atoms with van der Waals surface area (Å²) in [4.78, 5) is 7.54. The van der Waals surface area contributed by atoms with Gasteiger partial charge in [0, 0.05) is 17.1 Å². The fourth-order valence-electron chi connectivity index (χ4n) is 3.09. The second kappa shape index (κ2) is 8.71. The van der Waals surface area contributed by atoms with Crippen LogP contribution in [0.2, 0.25) is 10.2 Å². The molecule has 31 heavy (non-hydrogen) atoms. The Kier molecular flexibility index (Phi) is 6.41. The average Bonchev–Trinajstić information content (AvgIpc) is 2.72. The molecule has 0 radical (unpaired) electrons. The number of nitrogens with zero attached hydrogens (tertiary/aromatic N) is 3. The summed E-state index contributed by atoms with van der Waals surface area (Å²) in [7, 11) is 0. The van der Waals surface area contributed by atoms with Crippen LogP contribution >= 0.6 is 23.2 Å². The van der Waals surface area contributed by atoms with Gasteiger partial charge in [-0.05, 0) is 47.5 Å². The minimum absolute atomic E-state index is 0.0329. The first-order valence-corrected chi connectivity index (χ1v) is 9.56. The molecule has 1 aromatic carbocycles. The van der Waals surface area contributed by atoms with Gasteiger partial charge >= 0.3 is 6.18 Å². The molecule has 0 aliphatic heterocycles. The molecule has 0 aliphatic rings. The van der Waals surface area contributed by atoms with Crippen LogP contribution in [0.5, 0.6) is 11.5 Å². The Balaban J connectivity index is 1.95. The molecule has 0 bridgehead atoms. The standard InChI is InChI=1S/C21H14Cl2F3N3O2/c1-12(20(30,21(24,25)26)13-6-7-28-19(23)8-13)17-5-4-15(9-18(17)22)31-16-3-2-14(10-27)29-11-16/h2-9,11-12,30H,1H3. The molecule has 0 fully saturated rings. The van der Waals surface area contributed by atoms with Crippen molar-refractivity contribution in [2.24, 2.45) is 0 Å². The molecular formula is C21H14Cl2F3N3O2. The zero-order chi connectivity index (χ0) is 22.8. The van der Waals surface area contributed by atoms with Gasteiger partial charge < -0.3 is 9.84 Å². The van der Waals surface area contributed by atoms with Gasteiger partial charge in [0.05, 0.1) is 6.20 Å². The first-order valence-electron chi connectivity index (χ1n) is 8.81. The van der Waals surface area contributed by atoms with Crippen molar-refractivity contribution in [3.63, 3.8) is 0 Å². The molecule has 3 aromatic rings. The lowest BCUT2D eigenvalue weighted by Crippen LogP contribution is -2.46. The number of nitriles is 1. The van der Waals surface area contributed by atoms with E-state index in [0.717, 1.165) is 18.3 Å². The van der Waals surface area contributed by atoms with Crippen LogP contribution in [-0.2, 0) is 5.60 Å². The lowest BCUT2D eigenvalue weighted by Gasteiger charge is -2.37. The first-order chi connectivity index (χ1) is 14.6. The molecule has 0 saturated carbocycles. The molecule has 0 spiro atoms. The van der Waals surface area contributed by atoms with Crippen LogP contribution in [0.3, 0.4) is 0 Å². The van der Waals surface area contributed by atoms with Gasteiger partial charge in [0.1, 0.15) is 28.4 Å². The third kappa shape index (κ3) is 4.59. The molecule has 2 unspecified atom stereocenters. The lowest BCUT2D eigenvalue weighted by atomic mass is 9.78. The molecule has 0 aliphatic carbocycles. The summed E-state index contributed by atoms with van der Waals surface area (Å²) in [6, 6.07) is 11.0. The van der Waals surface area contributed by atoms with Crippen molar-refractivity contribution >= 4 is 23.2 Å². The van der Waals surface area contributed by atoms with Gasteiger partial charge in [-0.3, -0.25) is 0 Å². The smallest absolute Gasteiger partial charge is 0.422 e. The van der Waals surface area contributed by atoms with Crippen LogP contribution in [0.4, 0.5) is 13.2 Å².